The Morgan fingerprint density at radius 2 is 2.00 bits per heavy atom. The van der Waals surface area contributed by atoms with E-state index in [4.69, 9.17) is 4.74 Å². The number of hydrogen-bond acceptors (Lipinski definition) is 5. The van der Waals surface area contributed by atoms with Crippen LogP contribution in [0.15, 0.2) is 23.1 Å². The van der Waals surface area contributed by atoms with E-state index in [0.717, 1.165) is 19.3 Å². The van der Waals surface area contributed by atoms with E-state index in [1.807, 2.05) is 0 Å². The van der Waals surface area contributed by atoms with Crippen molar-refractivity contribution in [2.45, 2.75) is 31.1 Å². The van der Waals surface area contributed by atoms with E-state index in [9.17, 15) is 18.3 Å². The number of benzene rings is 1. The maximum absolute atomic E-state index is 12.1. The molecule has 0 spiro atoms. The average molecular weight is 344 g/mol. The Morgan fingerprint density at radius 1 is 1.26 bits per heavy atom. The van der Waals surface area contributed by atoms with Crippen molar-refractivity contribution in [1.82, 2.24) is 4.72 Å². The molecule has 0 amide bonds. The highest BCUT2D eigenvalue weighted by Gasteiger charge is 2.18. The Bertz CT molecular complexity index is 616. The van der Waals surface area contributed by atoms with E-state index in [-0.39, 0.29) is 23.6 Å². The summed E-state index contributed by atoms with van der Waals surface area (Å²) in [4.78, 5) is 11.3. The van der Waals surface area contributed by atoms with Gasteiger partial charge < -0.3 is 15.2 Å². The molecule has 0 heterocycles. The zero-order valence-electron chi connectivity index (χ0n) is 13.5. The van der Waals surface area contributed by atoms with Crippen LogP contribution in [0.3, 0.4) is 0 Å². The minimum absolute atomic E-state index is 0.0592. The van der Waals surface area contributed by atoms with Crippen LogP contribution in [0.1, 0.15) is 36.5 Å². The Balaban J connectivity index is 2.92. The molecule has 0 aromatic heterocycles. The molecule has 0 aliphatic heterocycles. The summed E-state index contributed by atoms with van der Waals surface area (Å²) in [5.41, 5.74) is 0.362. The topological polar surface area (TPSA) is 105 Å². The fraction of sp³-hybridized carbons (Fsp3) is 0.533. The molecule has 0 saturated carbocycles. The highest BCUT2D eigenvalue weighted by Crippen LogP contribution is 2.21. The van der Waals surface area contributed by atoms with Gasteiger partial charge in [-0.25, -0.2) is 17.9 Å². The molecule has 1 aromatic carbocycles. The Morgan fingerprint density at radius 3 is 2.61 bits per heavy atom. The van der Waals surface area contributed by atoms with Crippen LogP contribution in [0.2, 0.25) is 0 Å². The van der Waals surface area contributed by atoms with E-state index in [1.165, 1.54) is 25.3 Å². The zero-order chi connectivity index (χ0) is 17.3. The third-order valence-electron chi connectivity index (χ3n) is 3.23. The second kappa shape index (κ2) is 9.49. The first-order valence-electron chi connectivity index (χ1n) is 7.52. The molecule has 1 aromatic rings. The second-order valence-corrected chi connectivity index (χ2v) is 6.80. The maximum atomic E-state index is 12.1. The van der Waals surface area contributed by atoms with E-state index in [2.05, 4.69) is 17.0 Å². The van der Waals surface area contributed by atoms with Gasteiger partial charge in [-0.05, 0) is 24.6 Å². The maximum Gasteiger partial charge on any atom is 0.337 e. The third kappa shape index (κ3) is 6.17. The van der Waals surface area contributed by atoms with Crippen molar-refractivity contribution in [2.75, 3.05) is 32.1 Å². The van der Waals surface area contributed by atoms with Crippen LogP contribution in [-0.4, -0.2) is 46.3 Å². The van der Waals surface area contributed by atoms with Crippen molar-refractivity contribution in [1.29, 1.82) is 0 Å². The molecule has 3 N–H and O–H groups in total. The minimum atomic E-state index is -3.76. The summed E-state index contributed by atoms with van der Waals surface area (Å²) in [6, 6.07) is 4.05. The smallest absolute Gasteiger partial charge is 0.337 e. The number of anilines is 1. The number of rotatable bonds is 11. The van der Waals surface area contributed by atoms with Gasteiger partial charge in [0, 0.05) is 25.9 Å². The molecular formula is C15H24N2O5S. The Labute approximate surface area is 137 Å². The summed E-state index contributed by atoms with van der Waals surface area (Å²) < 4.78 is 31.4. The molecule has 0 atom stereocenters. The van der Waals surface area contributed by atoms with Gasteiger partial charge in [0.25, 0.3) is 0 Å². The normalized spacial score (nSPS) is 11.4. The molecule has 0 unspecified atom stereocenters. The van der Waals surface area contributed by atoms with Gasteiger partial charge in [0.1, 0.15) is 0 Å². The van der Waals surface area contributed by atoms with Gasteiger partial charge in [-0.2, -0.15) is 0 Å². The first-order valence-corrected chi connectivity index (χ1v) is 9.00. The highest BCUT2D eigenvalue weighted by molar-refractivity contribution is 7.89. The number of carbonyl (C=O) groups is 1. The van der Waals surface area contributed by atoms with E-state index in [0.29, 0.717) is 12.2 Å². The lowest BCUT2D eigenvalue weighted by molar-refractivity contribution is 0.0697. The third-order valence-corrected chi connectivity index (χ3v) is 4.68. The molecule has 1 rings (SSSR count). The van der Waals surface area contributed by atoms with Crippen LogP contribution in [0.25, 0.3) is 0 Å². The lowest BCUT2D eigenvalue weighted by atomic mass is 10.1. The van der Waals surface area contributed by atoms with Crippen LogP contribution in [0.5, 0.6) is 0 Å². The van der Waals surface area contributed by atoms with Crippen molar-refractivity contribution >= 4 is 21.7 Å². The number of sulfonamides is 1. The number of carboxylic acid groups (broad SMARTS) is 1. The predicted molar refractivity (Wildman–Crippen MR) is 88.5 cm³/mol. The molecule has 23 heavy (non-hydrogen) atoms. The van der Waals surface area contributed by atoms with E-state index < -0.39 is 16.0 Å². The number of hydrogen-bond donors (Lipinski definition) is 3. The van der Waals surface area contributed by atoms with Crippen LogP contribution in [-0.2, 0) is 14.8 Å². The van der Waals surface area contributed by atoms with Crippen LogP contribution >= 0.6 is 0 Å². The van der Waals surface area contributed by atoms with Gasteiger partial charge in [-0.1, -0.05) is 19.8 Å². The first-order chi connectivity index (χ1) is 10.9. The molecule has 0 bridgehead atoms. The van der Waals surface area contributed by atoms with Gasteiger partial charge in [0.15, 0.2) is 0 Å². The van der Waals surface area contributed by atoms with Gasteiger partial charge in [-0.3, -0.25) is 0 Å². The lowest BCUT2D eigenvalue weighted by Crippen LogP contribution is -2.27. The molecule has 130 valence electrons. The van der Waals surface area contributed by atoms with Crippen LogP contribution < -0.4 is 10.0 Å². The predicted octanol–water partition coefficient (Wildman–Crippen LogP) is 1.91. The molecule has 7 nitrogen and oxygen atoms in total. The molecule has 0 fully saturated rings. The fourth-order valence-electron chi connectivity index (χ4n) is 1.98. The number of ether oxygens (including phenoxy) is 1. The second-order valence-electron chi connectivity index (χ2n) is 5.04. The van der Waals surface area contributed by atoms with Crippen molar-refractivity contribution < 1.29 is 23.1 Å². The monoisotopic (exact) mass is 344 g/mol. The summed E-state index contributed by atoms with van der Waals surface area (Å²) in [5.74, 6) is -1.17. The summed E-state index contributed by atoms with van der Waals surface area (Å²) in [5, 5.41) is 12.3. The fourth-order valence-corrected chi connectivity index (χ4v) is 3.02. The van der Waals surface area contributed by atoms with E-state index >= 15 is 0 Å². The summed E-state index contributed by atoms with van der Waals surface area (Å²) in [7, 11) is -2.29. The van der Waals surface area contributed by atoms with Crippen molar-refractivity contribution in [2.24, 2.45) is 0 Å². The lowest BCUT2D eigenvalue weighted by Gasteiger charge is -2.12. The average Bonchev–Trinajstić information content (AvgIpc) is 2.51. The number of nitrogens with one attached hydrogen (secondary N) is 2. The van der Waals surface area contributed by atoms with Gasteiger partial charge >= 0.3 is 5.97 Å². The Kier molecular flexibility index (Phi) is 8.01. The Hall–Kier alpha value is -1.64. The SMILES string of the molecule is CCCCCNc1ccc(S(=O)(=O)NCCOC)cc1C(=O)O. The molecule has 0 aliphatic rings. The van der Waals surface area contributed by atoms with Crippen molar-refractivity contribution in [3.63, 3.8) is 0 Å². The summed E-state index contributed by atoms with van der Waals surface area (Å²) >= 11 is 0. The number of unbranched alkanes of at least 4 members (excludes halogenated alkanes) is 2. The van der Waals surface area contributed by atoms with Gasteiger partial charge in [0.05, 0.1) is 17.1 Å². The first kappa shape index (κ1) is 19.4. The van der Waals surface area contributed by atoms with Crippen molar-refractivity contribution in [3.05, 3.63) is 23.8 Å². The number of carboxylic acids is 1. The molecule has 8 heteroatoms. The number of methoxy groups -OCH3 is 1. The van der Waals surface area contributed by atoms with E-state index in [1.54, 1.807) is 0 Å². The van der Waals surface area contributed by atoms with Gasteiger partial charge in [0.2, 0.25) is 10.0 Å². The van der Waals surface area contributed by atoms with Gasteiger partial charge in [-0.15, -0.1) is 0 Å². The standard InChI is InChI=1S/C15H24N2O5S/c1-3-4-5-8-16-14-7-6-12(11-13(14)15(18)19)23(20,21)17-9-10-22-2/h6-7,11,16-17H,3-5,8-10H2,1-2H3,(H,18,19). The quantitative estimate of drug-likeness (QED) is 0.530. The van der Waals surface area contributed by atoms with Crippen molar-refractivity contribution in [3.8, 4) is 0 Å². The largest absolute Gasteiger partial charge is 0.478 e. The minimum Gasteiger partial charge on any atom is -0.478 e. The molecule has 0 radical (unpaired) electrons. The molecule has 0 aliphatic carbocycles. The molecular weight excluding hydrogens is 320 g/mol. The zero-order valence-corrected chi connectivity index (χ0v) is 14.3. The number of aromatic carboxylic acids is 1. The molecule has 0 saturated heterocycles. The van der Waals surface area contributed by atoms with Crippen LogP contribution in [0.4, 0.5) is 5.69 Å². The summed E-state index contributed by atoms with van der Waals surface area (Å²) in [6.45, 7) is 3.09. The summed E-state index contributed by atoms with van der Waals surface area (Å²) in [6.07, 6.45) is 3.04. The van der Waals surface area contributed by atoms with Crippen LogP contribution in [0, 0.1) is 0 Å². The highest BCUT2D eigenvalue weighted by atomic mass is 32.2.